The van der Waals surface area contributed by atoms with E-state index in [-0.39, 0.29) is 0 Å². The fourth-order valence-electron chi connectivity index (χ4n) is 3.34. The molecule has 0 spiro atoms. The molecule has 0 bridgehead atoms. The summed E-state index contributed by atoms with van der Waals surface area (Å²) in [7, 11) is 2.23. The topological polar surface area (TPSA) is 18.5 Å². The van der Waals surface area contributed by atoms with Gasteiger partial charge in [-0.25, -0.2) is 0 Å². The first-order chi connectivity index (χ1) is 8.83. The average molecular weight is 251 g/mol. The Balaban J connectivity index is 1.27. The van der Waals surface area contributed by atoms with Crippen molar-refractivity contribution in [3.8, 4) is 0 Å². The van der Waals surface area contributed by atoms with E-state index in [4.69, 9.17) is 0 Å². The van der Waals surface area contributed by atoms with Crippen molar-refractivity contribution in [3.63, 3.8) is 0 Å². The van der Waals surface area contributed by atoms with Crippen LogP contribution in [0.2, 0.25) is 0 Å². The molecule has 3 fully saturated rings. The molecule has 1 heterocycles. The fraction of sp³-hybridized carbons (Fsp3) is 1.00. The van der Waals surface area contributed by atoms with Gasteiger partial charge < -0.3 is 10.2 Å². The third kappa shape index (κ3) is 3.69. The van der Waals surface area contributed by atoms with Crippen LogP contribution in [-0.2, 0) is 0 Å². The zero-order valence-corrected chi connectivity index (χ0v) is 11.9. The second-order valence-corrected chi connectivity index (χ2v) is 6.69. The number of rotatable bonds is 7. The molecule has 0 amide bonds. The number of piperazine rings is 1. The lowest BCUT2D eigenvalue weighted by Crippen LogP contribution is -2.46. The molecule has 0 aromatic carbocycles. The normalized spacial score (nSPS) is 27.0. The Labute approximate surface area is 112 Å². The quantitative estimate of drug-likeness (QED) is 0.687. The summed E-state index contributed by atoms with van der Waals surface area (Å²) in [5, 5.41) is 3.73. The Morgan fingerprint density at radius 2 is 1.61 bits per heavy atom. The zero-order valence-electron chi connectivity index (χ0n) is 11.9. The maximum Gasteiger partial charge on any atom is 0.0110 e. The van der Waals surface area contributed by atoms with Gasteiger partial charge in [0.25, 0.3) is 0 Å². The molecule has 3 aliphatic rings. The third-order valence-corrected chi connectivity index (χ3v) is 5.04. The molecule has 1 N–H and O–H groups in total. The van der Waals surface area contributed by atoms with Gasteiger partial charge >= 0.3 is 0 Å². The lowest BCUT2D eigenvalue weighted by atomic mass is 9.98. The van der Waals surface area contributed by atoms with Gasteiger partial charge in [-0.1, -0.05) is 0 Å². The number of hydrogen-bond acceptors (Lipinski definition) is 3. The van der Waals surface area contributed by atoms with Crippen LogP contribution in [0.25, 0.3) is 0 Å². The summed E-state index contributed by atoms with van der Waals surface area (Å²) in [6, 6.07) is 0. The summed E-state index contributed by atoms with van der Waals surface area (Å²) >= 11 is 0. The lowest BCUT2D eigenvalue weighted by Gasteiger charge is -2.32. The van der Waals surface area contributed by atoms with Crippen molar-refractivity contribution in [2.45, 2.75) is 25.7 Å². The van der Waals surface area contributed by atoms with Crippen molar-refractivity contribution in [1.29, 1.82) is 0 Å². The highest BCUT2D eigenvalue weighted by Crippen LogP contribution is 2.48. The number of nitrogens with one attached hydrogen (secondary N) is 1. The van der Waals surface area contributed by atoms with Gasteiger partial charge in [0.2, 0.25) is 0 Å². The molecule has 18 heavy (non-hydrogen) atoms. The minimum absolute atomic E-state index is 1.03. The monoisotopic (exact) mass is 251 g/mol. The maximum atomic E-state index is 3.73. The van der Waals surface area contributed by atoms with Gasteiger partial charge in [0, 0.05) is 39.3 Å². The summed E-state index contributed by atoms with van der Waals surface area (Å²) in [5.41, 5.74) is 0. The molecule has 1 aliphatic heterocycles. The Bertz CT molecular complexity index is 240. The van der Waals surface area contributed by atoms with E-state index < -0.39 is 0 Å². The van der Waals surface area contributed by atoms with Crippen LogP contribution in [-0.4, -0.2) is 62.7 Å². The molecule has 0 aromatic heterocycles. The largest absolute Gasteiger partial charge is 0.315 e. The molecular weight excluding hydrogens is 222 g/mol. The van der Waals surface area contributed by atoms with Crippen molar-refractivity contribution >= 4 is 0 Å². The summed E-state index contributed by atoms with van der Waals surface area (Å²) < 4.78 is 0. The van der Waals surface area contributed by atoms with Gasteiger partial charge in [-0.05, 0) is 57.0 Å². The third-order valence-electron chi connectivity index (χ3n) is 5.04. The van der Waals surface area contributed by atoms with Crippen LogP contribution < -0.4 is 5.32 Å². The Hall–Kier alpha value is -0.120. The number of hydrogen-bond donors (Lipinski definition) is 1. The molecule has 3 heteroatoms. The molecule has 2 aliphatic carbocycles. The maximum absolute atomic E-state index is 3.73. The van der Waals surface area contributed by atoms with Gasteiger partial charge in [0.1, 0.15) is 0 Å². The van der Waals surface area contributed by atoms with Crippen LogP contribution in [0.4, 0.5) is 0 Å². The minimum Gasteiger partial charge on any atom is -0.315 e. The molecule has 0 aromatic rings. The van der Waals surface area contributed by atoms with E-state index in [1.165, 1.54) is 71.5 Å². The second kappa shape index (κ2) is 5.89. The van der Waals surface area contributed by atoms with E-state index in [9.17, 15) is 0 Å². The first-order valence-electron chi connectivity index (χ1n) is 7.94. The van der Waals surface area contributed by atoms with Crippen LogP contribution in [0.15, 0.2) is 0 Å². The van der Waals surface area contributed by atoms with Crippen LogP contribution >= 0.6 is 0 Å². The highest BCUT2D eigenvalue weighted by molar-refractivity contribution is 4.92. The minimum atomic E-state index is 1.03. The SMILES string of the molecule is CN1CCN(CCNCC(C2CC2)C2CC2)CC1. The standard InChI is InChI=1S/C15H29N3/c1-17-8-10-18(11-9-17)7-6-16-12-15(13-2-3-13)14-4-5-14/h13-16H,2-12H2,1H3. The number of likely N-dealkylation sites (N-methyl/N-ethyl adjacent to an activating group) is 1. The van der Waals surface area contributed by atoms with Crippen molar-refractivity contribution < 1.29 is 0 Å². The van der Waals surface area contributed by atoms with Crippen LogP contribution in [0.3, 0.4) is 0 Å². The van der Waals surface area contributed by atoms with Gasteiger partial charge in [0.05, 0.1) is 0 Å². The summed E-state index contributed by atoms with van der Waals surface area (Å²) in [4.78, 5) is 5.04. The van der Waals surface area contributed by atoms with E-state index in [1.807, 2.05) is 0 Å². The smallest absolute Gasteiger partial charge is 0.0110 e. The van der Waals surface area contributed by atoms with Gasteiger partial charge in [-0.15, -0.1) is 0 Å². The van der Waals surface area contributed by atoms with Crippen molar-refractivity contribution in [1.82, 2.24) is 15.1 Å². The van der Waals surface area contributed by atoms with E-state index in [0.29, 0.717) is 0 Å². The summed E-state index contributed by atoms with van der Waals surface area (Å²) in [5.74, 6) is 3.21. The molecule has 0 unspecified atom stereocenters. The lowest BCUT2D eigenvalue weighted by molar-refractivity contribution is 0.154. The summed E-state index contributed by atoms with van der Waals surface area (Å²) in [6.45, 7) is 8.73. The molecule has 0 atom stereocenters. The van der Waals surface area contributed by atoms with E-state index in [1.54, 1.807) is 0 Å². The Morgan fingerprint density at radius 3 is 2.17 bits per heavy atom. The van der Waals surface area contributed by atoms with E-state index in [0.717, 1.165) is 17.8 Å². The van der Waals surface area contributed by atoms with Crippen LogP contribution in [0.1, 0.15) is 25.7 Å². The first kappa shape index (κ1) is 12.9. The molecule has 3 nitrogen and oxygen atoms in total. The van der Waals surface area contributed by atoms with E-state index in [2.05, 4.69) is 22.2 Å². The number of nitrogens with zero attached hydrogens (tertiary/aromatic N) is 2. The predicted octanol–water partition coefficient (Wildman–Crippen LogP) is 1.26. The average Bonchev–Trinajstić information content (AvgIpc) is 3.25. The Kier molecular flexibility index (Phi) is 4.22. The Morgan fingerprint density at radius 1 is 1.00 bits per heavy atom. The predicted molar refractivity (Wildman–Crippen MR) is 75.7 cm³/mol. The molecule has 104 valence electrons. The van der Waals surface area contributed by atoms with E-state index >= 15 is 0 Å². The van der Waals surface area contributed by atoms with Crippen LogP contribution in [0.5, 0.6) is 0 Å². The van der Waals surface area contributed by atoms with Crippen molar-refractivity contribution in [2.75, 3.05) is 52.9 Å². The second-order valence-electron chi connectivity index (χ2n) is 6.69. The molecule has 2 saturated carbocycles. The highest BCUT2D eigenvalue weighted by Gasteiger charge is 2.40. The summed E-state index contributed by atoms with van der Waals surface area (Å²) in [6.07, 6.45) is 6.06. The first-order valence-corrected chi connectivity index (χ1v) is 7.94. The molecule has 0 radical (unpaired) electrons. The molecular formula is C15H29N3. The van der Waals surface area contributed by atoms with Crippen LogP contribution in [0, 0.1) is 17.8 Å². The van der Waals surface area contributed by atoms with Gasteiger partial charge in [-0.3, -0.25) is 4.90 Å². The van der Waals surface area contributed by atoms with Crippen molar-refractivity contribution in [3.05, 3.63) is 0 Å². The molecule has 1 saturated heterocycles. The fourth-order valence-corrected chi connectivity index (χ4v) is 3.34. The zero-order chi connectivity index (χ0) is 12.4. The van der Waals surface area contributed by atoms with Crippen molar-refractivity contribution in [2.24, 2.45) is 17.8 Å². The highest BCUT2D eigenvalue weighted by atomic mass is 15.2. The van der Waals surface area contributed by atoms with Gasteiger partial charge in [0.15, 0.2) is 0 Å². The molecule has 3 rings (SSSR count). The van der Waals surface area contributed by atoms with Gasteiger partial charge in [-0.2, -0.15) is 0 Å².